The molecule has 0 bridgehead atoms. The van der Waals surface area contributed by atoms with Crippen molar-refractivity contribution in [1.29, 1.82) is 0 Å². The Hall–Kier alpha value is -3.65. The number of nitrogens with two attached hydrogens (primary N) is 1. The Morgan fingerprint density at radius 2 is 1.81 bits per heavy atom. The Bertz CT molecular complexity index is 1820. The van der Waals surface area contributed by atoms with Gasteiger partial charge in [0.05, 0.1) is 24.0 Å². The highest BCUT2D eigenvalue weighted by Gasteiger charge is 2.33. The maximum absolute atomic E-state index is 13.1. The summed E-state index contributed by atoms with van der Waals surface area (Å²) in [7, 11) is -4.68. The van der Waals surface area contributed by atoms with Crippen LogP contribution in [-0.2, 0) is 40.6 Å². The van der Waals surface area contributed by atoms with Crippen LogP contribution in [0.5, 0.6) is 0 Å². The molecular weight excluding hydrogens is 572 g/mol. The zero-order valence-electron chi connectivity index (χ0n) is 22.4. The molecule has 42 heavy (non-hydrogen) atoms. The zero-order chi connectivity index (χ0) is 30.0. The Morgan fingerprint density at radius 3 is 2.43 bits per heavy atom. The standard InChI is InChI=1S/C29H26BF3N2O6S/c1-42(38,39)35(13-16-2-9-24-20(10-16)15-40-30(24)37)14-19-11-25-23(12-22(19)17-3-4-17)26(28(34)36)27(41-25)18-5-7-21(8-6-18)29(31,32)33/h2,5-12,17,37H,3-4,13-15H2,1H3,(H2,34,36). The Morgan fingerprint density at radius 1 is 1.10 bits per heavy atom. The van der Waals surface area contributed by atoms with Crippen molar-refractivity contribution in [1.82, 2.24) is 4.31 Å². The number of hydrogen-bond acceptors (Lipinski definition) is 6. The smallest absolute Gasteiger partial charge is 0.455 e. The van der Waals surface area contributed by atoms with E-state index in [4.69, 9.17) is 14.8 Å². The summed E-state index contributed by atoms with van der Waals surface area (Å²) in [5.41, 5.74) is 9.19. The summed E-state index contributed by atoms with van der Waals surface area (Å²) < 4.78 is 77.8. The highest BCUT2D eigenvalue weighted by molar-refractivity contribution is 7.88. The van der Waals surface area contributed by atoms with Crippen LogP contribution in [0, 0.1) is 0 Å². The first-order valence-electron chi connectivity index (χ1n) is 13.2. The number of nitrogens with zero attached hydrogens (tertiary/aromatic N) is 1. The molecule has 4 aromatic rings. The molecule has 3 N–H and O–H groups in total. The molecular formula is C29H26BF3N2O6S. The van der Waals surface area contributed by atoms with Gasteiger partial charge in [0.25, 0.3) is 5.91 Å². The fourth-order valence-electron chi connectivity index (χ4n) is 5.44. The number of amides is 1. The molecule has 13 heteroatoms. The summed E-state index contributed by atoms with van der Waals surface area (Å²) in [6.45, 7) is 0.332. The van der Waals surface area contributed by atoms with Gasteiger partial charge in [-0.25, -0.2) is 8.42 Å². The Labute approximate surface area is 240 Å². The summed E-state index contributed by atoms with van der Waals surface area (Å²) in [5, 5.41) is 10.3. The number of fused-ring (bicyclic) bond motifs is 2. The number of hydrogen-bond donors (Lipinski definition) is 2. The highest BCUT2D eigenvalue weighted by atomic mass is 32.2. The van der Waals surface area contributed by atoms with Crippen LogP contribution in [-0.4, -0.2) is 37.0 Å². The number of carbonyl (C=O) groups excluding carboxylic acids is 1. The molecule has 1 aliphatic carbocycles. The molecule has 0 radical (unpaired) electrons. The summed E-state index contributed by atoms with van der Waals surface area (Å²) in [6, 6.07) is 13.0. The lowest BCUT2D eigenvalue weighted by Gasteiger charge is -2.22. The van der Waals surface area contributed by atoms with Crippen LogP contribution in [0.2, 0.25) is 0 Å². The number of alkyl halides is 3. The van der Waals surface area contributed by atoms with Crippen LogP contribution in [0.3, 0.4) is 0 Å². The minimum atomic E-state index is -4.52. The number of rotatable bonds is 8. The fourth-order valence-corrected chi connectivity index (χ4v) is 6.19. The molecule has 3 aromatic carbocycles. The van der Waals surface area contributed by atoms with E-state index in [1.165, 1.54) is 16.4 Å². The monoisotopic (exact) mass is 598 g/mol. The summed E-state index contributed by atoms with van der Waals surface area (Å²) >= 11 is 0. The van der Waals surface area contributed by atoms with Crippen LogP contribution < -0.4 is 11.2 Å². The maximum Gasteiger partial charge on any atom is 0.491 e. The van der Waals surface area contributed by atoms with E-state index in [0.29, 0.717) is 16.4 Å². The van der Waals surface area contributed by atoms with Gasteiger partial charge < -0.3 is 19.8 Å². The molecule has 1 aromatic heterocycles. The van der Waals surface area contributed by atoms with E-state index in [1.807, 2.05) is 6.07 Å². The van der Waals surface area contributed by atoms with Crippen molar-refractivity contribution in [3.63, 3.8) is 0 Å². The van der Waals surface area contributed by atoms with E-state index in [1.54, 1.807) is 24.3 Å². The second kappa shape index (κ2) is 10.3. The zero-order valence-corrected chi connectivity index (χ0v) is 23.3. The molecule has 1 saturated carbocycles. The predicted octanol–water partition coefficient (Wildman–Crippen LogP) is 4.27. The average molecular weight is 598 g/mol. The van der Waals surface area contributed by atoms with Gasteiger partial charge in [-0.2, -0.15) is 17.5 Å². The van der Waals surface area contributed by atoms with Crippen molar-refractivity contribution in [3.05, 3.63) is 88.0 Å². The molecule has 0 saturated heterocycles. The number of sulfonamides is 1. The molecule has 2 aliphatic rings. The fraction of sp³-hybridized carbons (Fsp3) is 0.276. The largest absolute Gasteiger partial charge is 0.491 e. The van der Waals surface area contributed by atoms with Gasteiger partial charge in [0.15, 0.2) is 0 Å². The molecule has 2 heterocycles. The second-order valence-electron chi connectivity index (χ2n) is 10.8. The van der Waals surface area contributed by atoms with Gasteiger partial charge in [0.2, 0.25) is 10.0 Å². The summed E-state index contributed by atoms with van der Waals surface area (Å²) in [5.74, 6) is -0.580. The van der Waals surface area contributed by atoms with Crippen LogP contribution in [0.15, 0.2) is 59.0 Å². The quantitative estimate of drug-likeness (QED) is 0.292. The normalized spacial score (nSPS) is 15.5. The predicted molar refractivity (Wildman–Crippen MR) is 150 cm³/mol. The van der Waals surface area contributed by atoms with Crippen molar-refractivity contribution >= 4 is 39.5 Å². The van der Waals surface area contributed by atoms with E-state index < -0.39 is 34.8 Å². The van der Waals surface area contributed by atoms with E-state index in [-0.39, 0.29) is 48.1 Å². The molecule has 0 atom stereocenters. The molecule has 0 spiro atoms. The van der Waals surface area contributed by atoms with Gasteiger partial charge in [0.1, 0.15) is 11.3 Å². The number of carbonyl (C=O) groups is 1. The Kier molecular flexibility index (Phi) is 6.96. The van der Waals surface area contributed by atoms with Crippen LogP contribution >= 0.6 is 0 Å². The van der Waals surface area contributed by atoms with E-state index in [0.717, 1.165) is 47.9 Å². The van der Waals surface area contributed by atoms with Crippen LogP contribution in [0.4, 0.5) is 13.2 Å². The molecule has 6 rings (SSSR count). The van der Waals surface area contributed by atoms with Gasteiger partial charge >= 0.3 is 13.3 Å². The number of furan rings is 1. The van der Waals surface area contributed by atoms with Crippen molar-refractivity contribution in [3.8, 4) is 11.3 Å². The lowest BCUT2D eigenvalue weighted by atomic mass is 9.79. The second-order valence-corrected chi connectivity index (χ2v) is 12.8. The first-order chi connectivity index (χ1) is 19.8. The van der Waals surface area contributed by atoms with Crippen LogP contribution in [0.1, 0.15) is 56.9 Å². The lowest BCUT2D eigenvalue weighted by molar-refractivity contribution is -0.137. The third-order valence-corrected chi connectivity index (χ3v) is 8.93. The van der Waals surface area contributed by atoms with E-state index in [2.05, 4.69) is 0 Å². The van der Waals surface area contributed by atoms with Gasteiger partial charge in [-0.3, -0.25) is 4.79 Å². The minimum absolute atomic E-state index is 0.0268. The molecule has 1 amide bonds. The topological polar surface area (TPSA) is 123 Å². The molecule has 218 valence electrons. The van der Waals surface area contributed by atoms with Crippen molar-refractivity contribution < 1.29 is 40.5 Å². The van der Waals surface area contributed by atoms with Gasteiger partial charge in [0, 0.05) is 24.0 Å². The molecule has 8 nitrogen and oxygen atoms in total. The first kappa shape index (κ1) is 28.5. The molecule has 1 aliphatic heterocycles. The number of halogens is 3. The summed E-state index contributed by atoms with van der Waals surface area (Å²) in [6.07, 6.45) is -1.61. The summed E-state index contributed by atoms with van der Waals surface area (Å²) in [4.78, 5) is 12.6. The van der Waals surface area contributed by atoms with Crippen molar-refractivity contribution in [2.45, 2.75) is 44.6 Å². The number of primary amides is 1. The molecule has 0 unspecified atom stereocenters. The average Bonchev–Trinajstić information content (AvgIpc) is 3.60. The minimum Gasteiger partial charge on any atom is -0.455 e. The SMILES string of the molecule is CS(=O)(=O)N(Cc1ccc2c(c1)COB2O)Cc1cc2oc(-c3ccc(C(F)(F)F)cc3)c(C(N)=O)c2cc1C1CC1. The maximum atomic E-state index is 13.1. The lowest BCUT2D eigenvalue weighted by Crippen LogP contribution is -2.30. The first-order valence-corrected chi connectivity index (χ1v) is 15.1. The van der Waals surface area contributed by atoms with Crippen molar-refractivity contribution in [2.75, 3.05) is 6.26 Å². The van der Waals surface area contributed by atoms with Gasteiger partial charge in [-0.05, 0) is 70.7 Å². The van der Waals surface area contributed by atoms with E-state index >= 15 is 0 Å². The van der Waals surface area contributed by atoms with Crippen LogP contribution in [0.25, 0.3) is 22.3 Å². The number of benzene rings is 3. The van der Waals surface area contributed by atoms with Gasteiger partial charge in [-0.15, -0.1) is 0 Å². The van der Waals surface area contributed by atoms with E-state index in [9.17, 15) is 31.4 Å². The molecule has 1 fully saturated rings. The Balaban J connectivity index is 1.40. The highest BCUT2D eigenvalue weighted by Crippen LogP contribution is 2.45. The van der Waals surface area contributed by atoms with Crippen molar-refractivity contribution in [2.24, 2.45) is 5.73 Å². The third kappa shape index (κ3) is 5.45. The van der Waals surface area contributed by atoms with Gasteiger partial charge in [-0.1, -0.05) is 30.3 Å². The third-order valence-electron chi connectivity index (χ3n) is 7.73.